The van der Waals surface area contributed by atoms with E-state index in [1.165, 1.54) is 12.1 Å². The molecule has 0 fully saturated rings. The number of sulfonamides is 1. The van der Waals surface area contributed by atoms with Gasteiger partial charge in [-0.2, -0.15) is 0 Å². The molecule has 1 amide bonds. The highest BCUT2D eigenvalue weighted by Gasteiger charge is 2.17. The Balaban J connectivity index is 2.09. The summed E-state index contributed by atoms with van der Waals surface area (Å²) < 4.78 is 27.6. The Bertz CT molecular complexity index is 883. The van der Waals surface area contributed by atoms with Crippen LogP contribution in [0.1, 0.15) is 24.2 Å². The molecule has 0 saturated heterocycles. The van der Waals surface area contributed by atoms with Crippen LogP contribution < -0.4 is 10.0 Å². The summed E-state index contributed by atoms with van der Waals surface area (Å²) in [5.74, 6) is -0.308. The maximum atomic E-state index is 12.6. The predicted molar refractivity (Wildman–Crippen MR) is 109 cm³/mol. The second kappa shape index (κ2) is 9.73. The number of hydrogen-bond acceptors (Lipinski definition) is 4. The molecule has 0 aromatic heterocycles. The van der Waals surface area contributed by atoms with E-state index in [1.54, 1.807) is 36.4 Å². The number of hydrogen-bond donors (Lipinski definition) is 2. The minimum atomic E-state index is -3.86. The second-order valence-electron chi connectivity index (χ2n) is 5.90. The highest BCUT2D eigenvalue weighted by atomic mass is 35.5. The number of carbonyl (C=O) groups excluding carboxylic acids is 1. The summed E-state index contributed by atoms with van der Waals surface area (Å²) in [6.45, 7) is 7.18. The summed E-state index contributed by atoms with van der Waals surface area (Å²) in [6, 6.07) is 12.5. The summed E-state index contributed by atoms with van der Waals surface area (Å²) in [5, 5.41) is 3.12. The molecule has 8 heteroatoms. The summed E-state index contributed by atoms with van der Waals surface area (Å²) >= 11 is 6.01. The van der Waals surface area contributed by atoms with Crippen molar-refractivity contribution < 1.29 is 13.2 Å². The number of para-hydroxylation sites is 1. The lowest BCUT2D eigenvalue weighted by atomic mass is 10.2. The maximum Gasteiger partial charge on any atom is 0.261 e. The SMILES string of the molecule is CCN(CC)CCNC(=O)c1cccc(S(=O)(=O)Nc2ccccc2Cl)c1. The van der Waals surface area contributed by atoms with Crippen molar-refractivity contribution in [3.63, 3.8) is 0 Å². The molecule has 2 rings (SSSR count). The zero-order valence-corrected chi connectivity index (χ0v) is 17.0. The Hall–Kier alpha value is -2.09. The van der Waals surface area contributed by atoms with Crippen molar-refractivity contribution in [2.75, 3.05) is 30.9 Å². The molecule has 0 saturated carbocycles. The fourth-order valence-electron chi connectivity index (χ4n) is 2.52. The van der Waals surface area contributed by atoms with Crippen LogP contribution in [0.3, 0.4) is 0 Å². The van der Waals surface area contributed by atoms with Crippen LogP contribution in [0.25, 0.3) is 0 Å². The van der Waals surface area contributed by atoms with Crippen molar-refractivity contribution in [1.82, 2.24) is 10.2 Å². The number of amides is 1. The number of benzene rings is 2. The molecular weight excluding hydrogens is 386 g/mol. The van der Waals surface area contributed by atoms with E-state index in [9.17, 15) is 13.2 Å². The van der Waals surface area contributed by atoms with Crippen LogP contribution in [0.5, 0.6) is 0 Å². The molecule has 0 spiro atoms. The lowest BCUT2D eigenvalue weighted by Crippen LogP contribution is -2.34. The van der Waals surface area contributed by atoms with Gasteiger partial charge in [0.15, 0.2) is 0 Å². The van der Waals surface area contributed by atoms with Crippen molar-refractivity contribution in [3.05, 3.63) is 59.1 Å². The summed E-state index contributed by atoms with van der Waals surface area (Å²) in [6.07, 6.45) is 0. The van der Waals surface area contributed by atoms with Crippen LogP contribution in [0.2, 0.25) is 5.02 Å². The zero-order valence-electron chi connectivity index (χ0n) is 15.4. The predicted octanol–water partition coefficient (Wildman–Crippen LogP) is 3.21. The van der Waals surface area contributed by atoms with Gasteiger partial charge in [-0.05, 0) is 43.4 Å². The molecule has 0 atom stereocenters. The normalized spacial score (nSPS) is 11.4. The van der Waals surface area contributed by atoms with Gasteiger partial charge in [0, 0.05) is 18.7 Å². The van der Waals surface area contributed by atoms with Crippen molar-refractivity contribution in [3.8, 4) is 0 Å². The Labute approximate surface area is 165 Å². The van der Waals surface area contributed by atoms with Gasteiger partial charge >= 0.3 is 0 Å². The third-order valence-corrected chi connectivity index (χ3v) is 5.83. The quantitative estimate of drug-likeness (QED) is 0.666. The minimum absolute atomic E-state index is 0.00110. The average Bonchev–Trinajstić information content (AvgIpc) is 2.67. The van der Waals surface area contributed by atoms with Gasteiger partial charge in [0.1, 0.15) is 0 Å². The number of anilines is 1. The molecule has 2 N–H and O–H groups in total. The van der Waals surface area contributed by atoms with E-state index in [0.717, 1.165) is 19.6 Å². The van der Waals surface area contributed by atoms with E-state index in [0.29, 0.717) is 11.6 Å². The van der Waals surface area contributed by atoms with Crippen molar-refractivity contribution in [2.45, 2.75) is 18.7 Å². The molecule has 0 radical (unpaired) electrons. The number of rotatable bonds is 9. The lowest BCUT2D eigenvalue weighted by molar-refractivity contribution is 0.0948. The Morgan fingerprint density at radius 3 is 2.44 bits per heavy atom. The van der Waals surface area contributed by atoms with Crippen molar-refractivity contribution in [1.29, 1.82) is 0 Å². The first-order chi connectivity index (χ1) is 12.9. The molecule has 0 bridgehead atoms. The number of halogens is 1. The molecule has 2 aromatic carbocycles. The third-order valence-electron chi connectivity index (χ3n) is 4.13. The molecule has 0 heterocycles. The molecule has 6 nitrogen and oxygen atoms in total. The molecule has 0 aliphatic heterocycles. The first-order valence-electron chi connectivity index (χ1n) is 8.75. The van der Waals surface area contributed by atoms with Crippen LogP contribution >= 0.6 is 11.6 Å². The van der Waals surface area contributed by atoms with Gasteiger partial charge in [-0.15, -0.1) is 0 Å². The van der Waals surface area contributed by atoms with Gasteiger partial charge < -0.3 is 10.2 Å². The van der Waals surface area contributed by atoms with E-state index in [4.69, 9.17) is 11.6 Å². The van der Waals surface area contributed by atoms with E-state index in [2.05, 4.69) is 28.8 Å². The number of carbonyl (C=O) groups is 1. The average molecular weight is 410 g/mol. The maximum absolute atomic E-state index is 12.6. The first-order valence-corrected chi connectivity index (χ1v) is 10.6. The first kappa shape index (κ1) is 21.2. The van der Waals surface area contributed by atoms with E-state index >= 15 is 0 Å². The number of nitrogens with one attached hydrogen (secondary N) is 2. The summed E-state index contributed by atoms with van der Waals surface area (Å²) in [4.78, 5) is 14.5. The fourth-order valence-corrected chi connectivity index (χ4v) is 3.89. The standard InChI is InChI=1S/C19H24ClN3O3S/c1-3-23(4-2)13-12-21-19(24)15-8-7-9-16(14-15)27(25,26)22-18-11-6-5-10-17(18)20/h5-11,14,22H,3-4,12-13H2,1-2H3,(H,21,24). The Morgan fingerprint density at radius 1 is 1.07 bits per heavy atom. The van der Waals surface area contributed by atoms with Crippen LogP contribution in [0, 0.1) is 0 Å². The molecule has 0 unspecified atom stereocenters. The van der Waals surface area contributed by atoms with Crippen molar-refractivity contribution >= 4 is 33.2 Å². The van der Waals surface area contributed by atoms with E-state index in [1.807, 2.05) is 0 Å². The van der Waals surface area contributed by atoms with Gasteiger partial charge in [0.25, 0.3) is 15.9 Å². The second-order valence-corrected chi connectivity index (χ2v) is 7.99. The molecule has 0 aliphatic rings. The lowest BCUT2D eigenvalue weighted by Gasteiger charge is -2.18. The summed E-state index contributed by atoms with van der Waals surface area (Å²) in [5.41, 5.74) is 0.574. The summed E-state index contributed by atoms with van der Waals surface area (Å²) in [7, 11) is -3.86. The molecular formula is C19H24ClN3O3S. The highest BCUT2D eigenvalue weighted by Crippen LogP contribution is 2.24. The van der Waals surface area contributed by atoms with Crippen LogP contribution in [0.15, 0.2) is 53.4 Å². The minimum Gasteiger partial charge on any atom is -0.351 e. The topological polar surface area (TPSA) is 78.5 Å². The van der Waals surface area contributed by atoms with E-state index < -0.39 is 10.0 Å². The smallest absolute Gasteiger partial charge is 0.261 e. The number of nitrogens with zero attached hydrogens (tertiary/aromatic N) is 1. The monoisotopic (exact) mass is 409 g/mol. The van der Waals surface area contributed by atoms with Gasteiger partial charge in [-0.1, -0.05) is 43.6 Å². The highest BCUT2D eigenvalue weighted by molar-refractivity contribution is 7.92. The van der Waals surface area contributed by atoms with Crippen LogP contribution in [-0.2, 0) is 10.0 Å². The van der Waals surface area contributed by atoms with Gasteiger partial charge in [0.2, 0.25) is 0 Å². The number of likely N-dealkylation sites (N-methyl/N-ethyl adjacent to an activating group) is 1. The Kier molecular flexibility index (Phi) is 7.65. The third kappa shape index (κ3) is 5.95. The zero-order chi connectivity index (χ0) is 19.9. The van der Waals surface area contributed by atoms with Crippen LogP contribution in [-0.4, -0.2) is 45.4 Å². The fraction of sp³-hybridized carbons (Fsp3) is 0.316. The molecule has 27 heavy (non-hydrogen) atoms. The molecule has 0 aliphatic carbocycles. The molecule has 146 valence electrons. The van der Waals surface area contributed by atoms with Crippen molar-refractivity contribution in [2.24, 2.45) is 0 Å². The van der Waals surface area contributed by atoms with Gasteiger partial charge in [-0.3, -0.25) is 9.52 Å². The van der Waals surface area contributed by atoms with Gasteiger partial charge in [0.05, 0.1) is 15.6 Å². The van der Waals surface area contributed by atoms with E-state index in [-0.39, 0.29) is 22.1 Å². The van der Waals surface area contributed by atoms with Crippen LogP contribution in [0.4, 0.5) is 5.69 Å². The molecule has 2 aromatic rings. The Morgan fingerprint density at radius 2 is 1.78 bits per heavy atom. The van der Waals surface area contributed by atoms with Gasteiger partial charge in [-0.25, -0.2) is 8.42 Å². The largest absolute Gasteiger partial charge is 0.351 e.